The Labute approximate surface area is 139 Å². The number of hydrogen-bond donors (Lipinski definition) is 1. The standard InChI is InChI=1S/C16H22N2O4S/c1-21-15(19)13-9-23-10-14(13)17-16(20)18-6-2-3-12(7-18)22-8-11-4-5-11/h9-12H,2-8H2,1H3,(H,17,20)/t12-/m0/s1. The van der Waals surface area contributed by atoms with E-state index in [4.69, 9.17) is 9.47 Å². The molecular weight excluding hydrogens is 316 g/mol. The highest BCUT2D eigenvalue weighted by atomic mass is 32.1. The molecule has 0 radical (unpaired) electrons. The number of thiophene rings is 1. The number of anilines is 1. The fraction of sp³-hybridized carbons (Fsp3) is 0.625. The zero-order valence-corrected chi connectivity index (χ0v) is 14.1. The summed E-state index contributed by atoms with van der Waals surface area (Å²) in [6, 6.07) is -0.187. The topological polar surface area (TPSA) is 67.9 Å². The molecule has 1 saturated heterocycles. The van der Waals surface area contributed by atoms with Gasteiger partial charge in [-0.05, 0) is 31.6 Å². The van der Waals surface area contributed by atoms with Crippen molar-refractivity contribution in [3.05, 3.63) is 16.3 Å². The minimum Gasteiger partial charge on any atom is -0.465 e. The molecule has 7 heteroatoms. The summed E-state index contributed by atoms with van der Waals surface area (Å²) in [6.45, 7) is 2.14. The maximum absolute atomic E-state index is 12.4. The molecule has 0 unspecified atom stereocenters. The van der Waals surface area contributed by atoms with Gasteiger partial charge >= 0.3 is 12.0 Å². The largest absolute Gasteiger partial charge is 0.465 e. The maximum atomic E-state index is 12.4. The molecule has 1 aromatic rings. The molecule has 1 aromatic heterocycles. The number of amides is 2. The third-order valence-electron chi connectivity index (χ3n) is 4.24. The Hall–Kier alpha value is -1.60. The molecule has 6 nitrogen and oxygen atoms in total. The van der Waals surface area contributed by atoms with E-state index >= 15 is 0 Å². The van der Waals surface area contributed by atoms with Gasteiger partial charge in [-0.1, -0.05) is 0 Å². The molecular formula is C16H22N2O4S. The van der Waals surface area contributed by atoms with Gasteiger partial charge in [0, 0.05) is 30.5 Å². The SMILES string of the molecule is COC(=O)c1cscc1NC(=O)N1CCC[C@H](OCC2CC2)C1. The molecule has 2 aliphatic rings. The lowest BCUT2D eigenvalue weighted by molar-refractivity contribution is 0.00597. The molecule has 23 heavy (non-hydrogen) atoms. The number of nitrogens with one attached hydrogen (secondary N) is 1. The molecule has 1 N–H and O–H groups in total. The van der Waals surface area contributed by atoms with E-state index in [2.05, 4.69) is 5.32 Å². The summed E-state index contributed by atoms with van der Waals surface area (Å²) in [7, 11) is 1.33. The average Bonchev–Trinajstić information content (AvgIpc) is 3.30. The number of rotatable bonds is 5. The fourth-order valence-electron chi connectivity index (χ4n) is 2.67. The normalized spacial score (nSPS) is 21.1. The number of carbonyl (C=O) groups excluding carboxylic acids is 2. The van der Waals surface area contributed by atoms with Gasteiger partial charge in [-0.2, -0.15) is 0 Å². The molecule has 1 atom stereocenters. The lowest BCUT2D eigenvalue weighted by Gasteiger charge is -2.32. The van der Waals surface area contributed by atoms with Crippen LogP contribution in [0.5, 0.6) is 0 Å². The average molecular weight is 338 g/mol. The van der Waals surface area contributed by atoms with Gasteiger partial charge in [-0.25, -0.2) is 9.59 Å². The van der Waals surface area contributed by atoms with Gasteiger partial charge in [0.25, 0.3) is 0 Å². The maximum Gasteiger partial charge on any atom is 0.340 e. The molecule has 1 aliphatic heterocycles. The van der Waals surface area contributed by atoms with E-state index in [1.807, 2.05) is 0 Å². The van der Waals surface area contributed by atoms with Crippen molar-refractivity contribution in [3.63, 3.8) is 0 Å². The van der Waals surface area contributed by atoms with Crippen LogP contribution in [0.15, 0.2) is 10.8 Å². The number of nitrogens with zero attached hydrogens (tertiary/aromatic N) is 1. The van der Waals surface area contributed by atoms with E-state index in [0.717, 1.165) is 25.4 Å². The molecule has 0 aromatic carbocycles. The summed E-state index contributed by atoms with van der Waals surface area (Å²) in [5.74, 6) is 0.290. The van der Waals surface area contributed by atoms with Gasteiger partial charge in [0.1, 0.15) is 0 Å². The van der Waals surface area contributed by atoms with Crippen LogP contribution in [0.3, 0.4) is 0 Å². The molecule has 0 spiro atoms. The van der Waals surface area contributed by atoms with Crippen LogP contribution in [-0.2, 0) is 9.47 Å². The van der Waals surface area contributed by atoms with Crippen molar-refractivity contribution in [1.29, 1.82) is 0 Å². The van der Waals surface area contributed by atoms with Crippen molar-refractivity contribution < 1.29 is 19.1 Å². The van der Waals surface area contributed by atoms with Crippen molar-refractivity contribution in [2.75, 3.05) is 32.1 Å². The lowest BCUT2D eigenvalue weighted by atomic mass is 10.1. The summed E-state index contributed by atoms with van der Waals surface area (Å²) in [4.78, 5) is 25.9. The first-order chi connectivity index (χ1) is 11.2. The van der Waals surface area contributed by atoms with Gasteiger partial charge in [0.15, 0.2) is 0 Å². The zero-order chi connectivity index (χ0) is 16.2. The third-order valence-corrected chi connectivity index (χ3v) is 4.98. The Morgan fingerprint density at radius 2 is 2.17 bits per heavy atom. The van der Waals surface area contributed by atoms with Crippen molar-refractivity contribution >= 4 is 29.0 Å². The smallest absolute Gasteiger partial charge is 0.340 e. The zero-order valence-electron chi connectivity index (χ0n) is 13.2. The molecule has 126 valence electrons. The van der Waals surface area contributed by atoms with Crippen molar-refractivity contribution in [1.82, 2.24) is 4.90 Å². The molecule has 1 saturated carbocycles. The number of ether oxygens (including phenoxy) is 2. The summed E-state index contributed by atoms with van der Waals surface area (Å²) < 4.78 is 10.6. The van der Waals surface area contributed by atoms with Crippen molar-refractivity contribution in [2.24, 2.45) is 5.92 Å². The number of esters is 1. The second kappa shape index (κ2) is 7.31. The Balaban J connectivity index is 1.54. The summed E-state index contributed by atoms with van der Waals surface area (Å²) in [5, 5.41) is 6.24. The van der Waals surface area contributed by atoms with Crippen LogP contribution in [0.2, 0.25) is 0 Å². The Kier molecular flexibility index (Phi) is 5.17. The van der Waals surface area contributed by atoms with Gasteiger partial charge in [-0.3, -0.25) is 0 Å². The van der Waals surface area contributed by atoms with E-state index < -0.39 is 5.97 Å². The van der Waals surface area contributed by atoms with Crippen molar-refractivity contribution in [3.8, 4) is 0 Å². The predicted molar refractivity (Wildman–Crippen MR) is 87.9 cm³/mol. The first kappa shape index (κ1) is 16.3. The molecule has 2 fully saturated rings. The first-order valence-corrected chi connectivity index (χ1v) is 8.93. The number of carbonyl (C=O) groups is 2. The van der Waals surface area contributed by atoms with Crippen molar-refractivity contribution in [2.45, 2.75) is 31.8 Å². The van der Waals surface area contributed by atoms with E-state index in [1.165, 1.54) is 31.3 Å². The summed E-state index contributed by atoms with van der Waals surface area (Å²) in [6.07, 6.45) is 4.60. The summed E-state index contributed by atoms with van der Waals surface area (Å²) in [5.41, 5.74) is 0.900. The van der Waals surface area contributed by atoms with Crippen LogP contribution in [0.25, 0.3) is 0 Å². The minimum atomic E-state index is -0.439. The molecule has 2 heterocycles. The fourth-order valence-corrected chi connectivity index (χ4v) is 3.42. The van der Waals surface area contributed by atoms with Gasteiger partial charge in [0.2, 0.25) is 0 Å². The molecule has 0 bridgehead atoms. The van der Waals surface area contributed by atoms with Crippen LogP contribution >= 0.6 is 11.3 Å². The Morgan fingerprint density at radius 1 is 1.35 bits per heavy atom. The van der Waals surface area contributed by atoms with Crippen LogP contribution in [0.4, 0.5) is 10.5 Å². The molecule has 3 rings (SSSR count). The van der Waals surface area contributed by atoms with Gasteiger partial charge in [-0.15, -0.1) is 11.3 Å². The third kappa shape index (κ3) is 4.23. The molecule has 1 aliphatic carbocycles. The minimum absolute atomic E-state index is 0.123. The highest BCUT2D eigenvalue weighted by molar-refractivity contribution is 7.08. The summed E-state index contributed by atoms with van der Waals surface area (Å²) >= 11 is 1.36. The lowest BCUT2D eigenvalue weighted by Crippen LogP contribution is -2.45. The van der Waals surface area contributed by atoms with E-state index in [9.17, 15) is 9.59 Å². The quantitative estimate of drug-likeness (QED) is 0.838. The second-order valence-corrected chi connectivity index (χ2v) is 6.85. The number of likely N-dealkylation sites (tertiary alicyclic amines) is 1. The number of urea groups is 1. The van der Waals surface area contributed by atoms with E-state index in [0.29, 0.717) is 24.3 Å². The van der Waals surface area contributed by atoms with Crippen LogP contribution in [0, 0.1) is 5.92 Å². The Bertz CT molecular complexity index is 570. The van der Waals surface area contributed by atoms with E-state index in [-0.39, 0.29) is 12.1 Å². The number of methoxy groups -OCH3 is 1. The highest BCUT2D eigenvalue weighted by Gasteiger charge is 2.28. The number of piperidine rings is 1. The monoisotopic (exact) mass is 338 g/mol. The number of hydrogen-bond acceptors (Lipinski definition) is 5. The van der Waals surface area contributed by atoms with Crippen LogP contribution < -0.4 is 5.32 Å². The second-order valence-electron chi connectivity index (χ2n) is 6.11. The van der Waals surface area contributed by atoms with Gasteiger partial charge < -0.3 is 19.7 Å². The van der Waals surface area contributed by atoms with Gasteiger partial charge in [0.05, 0.1) is 24.5 Å². The predicted octanol–water partition coefficient (Wildman–Crippen LogP) is 2.96. The van der Waals surface area contributed by atoms with Crippen LogP contribution in [0.1, 0.15) is 36.0 Å². The van der Waals surface area contributed by atoms with E-state index in [1.54, 1.807) is 15.7 Å². The van der Waals surface area contributed by atoms with Crippen LogP contribution in [-0.4, -0.2) is 49.8 Å². The Morgan fingerprint density at radius 3 is 2.91 bits per heavy atom. The first-order valence-electron chi connectivity index (χ1n) is 7.99. The molecule has 2 amide bonds. The highest BCUT2D eigenvalue weighted by Crippen LogP contribution is 2.30.